The first-order valence-electron chi connectivity index (χ1n) is 10.6. The molecular formula is C22H32N4O2. The molecule has 0 spiro atoms. The van der Waals surface area contributed by atoms with E-state index in [1.54, 1.807) is 0 Å². The van der Waals surface area contributed by atoms with Crippen molar-refractivity contribution in [1.82, 2.24) is 9.80 Å². The van der Waals surface area contributed by atoms with Crippen LogP contribution in [0.2, 0.25) is 0 Å². The van der Waals surface area contributed by atoms with Crippen molar-refractivity contribution in [2.75, 3.05) is 56.5 Å². The molecule has 1 aromatic carbocycles. The van der Waals surface area contributed by atoms with Crippen LogP contribution in [0.25, 0.3) is 0 Å². The van der Waals surface area contributed by atoms with Crippen molar-refractivity contribution in [1.29, 1.82) is 0 Å². The number of piperazine rings is 1. The first kappa shape index (κ1) is 19.2. The Morgan fingerprint density at radius 1 is 0.929 bits per heavy atom. The molecule has 2 heterocycles. The number of carbonyl (C=O) groups is 2. The van der Waals surface area contributed by atoms with Gasteiger partial charge >= 0.3 is 0 Å². The summed E-state index contributed by atoms with van der Waals surface area (Å²) in [7, 11) is 2.08. The average Bonchev–Trinajstić information content (AvgIpc) is 3.50. The fourth-order valence-corrected chi connectivity index (χ4v) is 4.28. The molecule has 3 aliphatic rings. The number of hydrogen-bond donors (Lipinski definition) is 1. The van der Waals surface area contributed by atoms with Gasteiger partial charge in [-0.2, -0.15) is 0 Å². The summed E-state index contributed by atoms with van der Waals surface area (Å²) < 4.78 is 0. The molecule has 28 heavy (non-hydrogen) atoms. The lowest BCUT2D eigenvalue weighted by molar-refractivity contribution is -0.135. The monoisotopic (exact) mass is 384 g/mol. The fraction of sp³-hybridized carbons (Fsp3) is 0.636. The standard InChI is InChI=1S/C22H32N4O2/c1-16-7-9-25(10-8-16)18-5-3-17(4-6-18)23-21(27)19-15-20(19)22(28)26-13-11-24(2)12-14-26/h3-6,16,19-20H,7-15H2,1-2H3,(H,23,27). The van der Waals surface area contributed by atoms with Crippen LogP contribution in [0.3, 0.4) is 0 Å². The van der Waals surface area contributed by atoms with Crippen LogP contribution in [0.15, 0.2) is 24.3 Å². The lowest BCUT2D eigenvalue weighted by atomic mass is 9.99. The maximum absolute atomic E-state index is 12.6. The zero-order valence-corrected chi connectivity index (χ0v) is 17.1. The number of rotatable bonds is 4. The first-order valence-corrected chi connectivity index (χ1v) is 10.6. The summed E-state index contributed by atoms with van der Waals surface area (Å²) in [6.45, 7) is 7.90. The van der Waals surface area contributed by atoms with Crippen LogP contribution >= 0.6 is 0 Å². The second-order valence-electron chi connectivity index (χ2n) is 8.78. The minimum atomic E-state index is -0.171. The smallest absolute Gasteiger partial charge is 0.228 e. The predicted octanol–water partition coefficient (Wildman–Crippen LogP) is 2.27. The molecule has 1 aliphatic carbocycles. The minimum absolute atomic E-state index is 0.0213. The number of piperidine rings is 1. The third-order valence-electron chi connectivity index (χ3n) is 6.54. The summed E-state index contributed by atoms with van der Waals surface area (Å²) in [6.07, 6.45) is 3.16. The first-order chi connectivity index (χ1) is 13.5. The van der Waals surface area contributed by atoms with Crippen molar-refractivity contribution in [2.24, 2.45) is 17.8 Å². The van der Waals surface area contributed by atoms with Gasteiger partial charge in [0.05, 0.1) is 11.8 Å². The van der Waals surface area contributed by atoms with Gasteiger partial charge in [0.15, 0.2) is 0 Å². The van der Waals surface area contributed by atoms with Gasteiger partial charge in [-0.1, -0.05) is 6.92 Å². The van der Waals surface area contributed by atoms with E-state index in [0.717, 1.165) is 50.9 Å². The van der Waals surface area contributed by atoms with Gasteiger partial charge in [0, 0.05) is 50.6 Å². The van der Waals surface area contributed by atoms with E-state index < -0.39 is 0 Å². The molecule has 2 aliphatic heterocycles. The van der Waals surface area contributed by atoms with Crippen LogP contribution in [-0.4, -0.2) is 67.9 Å². The predicted molar refractivity (Wildman–Crippen MR) is 111 cm³/mol. The third-order valence-corrected chi connectivity index (χ3v) is 6.54. The lowest BCUT2D eigenvalue weighted by Gasteiger charge is -2.32. The maximum Gasteiger partial charge on any atom is 0.228 e. The molecule has 2 saturated heterocycles. The molecule has 0 radical (unpaired) electrons. The summed E-state index contributed by atoms with van der Waals surface area (Å²) in [5.74, 6) is 0.651. The molecule has 2 atom stereocenters. The van der Waals surface area contributed by atoms with Crippen LogP contribution in [0.5, 0.6) is 0 Å². The van der Waals surface area contributed by atoms with E-state index in [0.29, 0.717) is 6.42 Å². The Morgan fingerprint density at radius 2 is 1.57 bits per heavy atom. The highest BCUT2D eigenvalue weighted by Gasteiger charge is 2.49. The molecule has 6 nitrogen and oxygen atoms in total. The molecule has 1 N–H and O–H groups in total. The van der Waals surface area contributed by atoms with Gasteiger partial charge in [-0.25, -0.2) is 0 Å². The van der Waals surface area contributed by atoms with Crippen molar-refractivity contribution >= 4 is 23.2 Å². The molecule has 3 fully saturated rings. The summed E-state index contributed by atoms with van der Waals surface area (Å²) in [4.78, 5) is 31.7. The SMILES string of the molecule is CC1CCN(c2ccc(NC(=O)C3CC3C(=O)N3CCN(C)CC3)cc2)CC1. The van der Waals surface area contributed by atoms with E-state index in [-0.39, 0.29) is 23.7 Å². The Hall–Kier alpha value is -2.08. The highest BCUT2D eigenvalue weighted by Crippen LogP contribution is 2.41. The van der Waals surface area contributed by atoms with Gasteiger partial charge in [-0.15, -0.1) is 0 Å². The van der Waals surface area contributed by atoms with E-state index >= 15 is 0 Å². The van der Waals surface area contributed by atoms with E-state index in [4.69, 9.17) is 0 Å². The zero-order valence-electron chi connectivity index (χ0n) is 17.1. The van der Waals surface area contributed by atoms with Crippen molar-refractivity contribution in [3.05, 3.63) is 24.3 Å². The van der Waals surface area contributed by atoms with Crippen LogP contribution in [0.1, 0.15) is 26.2 Å². The van der Waals surface area contributed by atoms with Crippen LogP contribution in [-0.2, 0) is 9.59 Å². The molecule has 6 heteroatoms. The molecule has 4 rings (SSSR count). The molecule has 1 aromatic rings. The quantitative estimate of drug-likeness (QED) is 0.865. The van der Waals surface area contributed by atoms with Gasteiger partial charge in [0.25, 0.3) is 0 Å². The van der Waals surface area contributed by atoms with Crippen molar-refractivity contribution in [3.8, 4) is 0 Å². The Morgan fingerprint density at radius 3 is 2.21 bits per heavy atom. The number of likely N-dealkylation sites (N-methyl/N-ethyl adjacent to an activating group) is 1. The molecule has 2 unspecified atom stereocenters. The third kappa shape index (κ3) is 4.32. The highest BCUT2D eigenvalue weighted by molar-refractivity contribution is 5.99. The van der Waals surface area contributed by atoms with E-state index in [2.05, 4.69) is 41.2 Å². The lowest BCUT2D eigenvalue weighted by Crippen LogP contribution is -2.48. The van der Waals surface area contributed by atoms with Gasteiger partial charge < -0.3 is 20.0 Å². The van der Waals surface area contributed by atoms with Crippen LogP contribution < -0.4 is 10.2 Å². The summed E-state index contributed by atoms with van der Waals surface area (Å²) in [6, 6.07) is 8.13. The second-order valence-corrected chi connectivity index (χ2v) is 8.78. The number of carbonyl (C=O) groups excluding carboxylic acids is 2. The second kappa shape index (κ2) is 8.11. The number of hydrogen-bond acceptors (Lipinski definition) is 4. The molecule has 2 amide bonds. The minimum Gasteiger partial charge on any atom is -0.372 e. The summed E-state index contributed by atoms with van der Waals surface area (Å²) in [5, 5.41) is 3.00. The molecular weight excluding hydrogens is 352 g/mol. The number of amides is 2. The van der Waals surface area contributed by atoms with Crippen LogP contribution in [0, 0.1) is 17.8 Å². The van der Waals surface area contributed by atoms with Gasteiger partial charge in [-0.05, 0) is 56.5 Å². The Kier molecular flexibility index (Phi) is 5.58. The number of benzene rings is 1. The maximum atomic E-state index is 12.6. The number of anilines is 2. The van der Waals surface area contributed by atoms with Crippen molar-refractivity contribution < 1.29 is 9.59 Å². The topological polar surface area (TPSA) is 55.9 Å². The van der Waals surface area contributed by atoms with Crippen LogP contribution in [0.4, 0.5) is 11.4 Å². The Balaban J connectivity index is 1.27. The van der Waals surface area contributed by atoms with Gasteiger partial charge in [0.2, 0.25) is 11.8 Å². The highest BCUT2D eigenvalue weighted by atomic mass is 16.2. The Bertz CT molecular complexity index is 704. The van der Waals surface area contributed by atoms with Crippen molar-refractivity contribution in [3.63, 3.8) is 0 Å². The normalized spacial score (nSPS) is 26.2. The van der Waals surface area contributed by atoms with Gasteiger partial charge in [-0.3, -0.25) is 9.59 Å². The molecule has 152 valence electrons. The van der Waals surface area contributed by atoms with Crippen molar-refractivity contribution in [2.45, 2.75) is 26.2 Å². The van der Waals surface area contributed by atoms with E-state index in [9.17, 15) is 9.59 Å². The molecule has 1 saturated carbocycles. The fourth-order valence-electron chi connectivity index (χ4n) is 4.28. The number of nitrogens with zero attached hydrogens (tertiary/aromatic N) is 3. The van der Waals surface area contributed by atoms with Gasteiger partial charge in [0.1, 0.15) is 0 Å². The molecule has 0 bridgehead atoms. The average molecular weight is 385 g/mol. The number of nitrogens with one attached hydrogen (secondary N) is 1. The summed E-state index contributed by atoms with van der Waals surface area (Å²) >= 11 is 0. The largest absolute Gasteiger partial charge is 0.372 e. The Labute approximate surface area is 167 Å². The van der Waals surface area contributed by atoms with E-state index in [1.165, 1.54) is 18.5 Å². The zero-order chi connectivity index (χ0) is 19.7. The summed E-state index contributed by atoms with van der Waals surface area (Å²) in [5.41, 5.74) is 2.04. The molecule has 0 aromatic heterocycles. The van der Waals surface area contributed by atoms with E-state index in [1.807, 2.05) is 17.0 Å².